The molecule has 0 aromatic heterocycles. The van der Waals surface area contributed by atoms with E-state index >= 15 is 0 Å². The Morgan fingerprint density at radius 3 is 2.35 bits per heavy atom. The number of hydrogen-bond acceptors (Lipinski definition) is 3. The molecule has 0 spiro atoms. The zero-order valence-electron chi connectivity index (χ0n) is 12.5. The van der Waals surface area contributed by atoms with E-state index in [0.717, 1.165) is 18.4 Å². The summed E-state index contributed by atoms with van der Waals surface area (Å²) in [6.45, 7) is 9.30. The molecular formula is C15H26N2O3. The van der Waals surface area contributed by atoms with Crippen LogP contribution >= 0.6 is 0 Å². The van der Waals surface area contributed by atoms with E-state index in [-0.39, 0.29) is 17.9 Å². The van der Waals surface area contributed by atoms with Gasteiger partial charge in [0, 0.05) is 19.1 Å². The summed E-state index contributed by atoms with van der Waals surface area (Å²) in [5.74, 6) is -0.826. The van der Waals surface area contributed by atoms with Gasteiger partial charge >= 0.3 is 5.97 Å². The van der Waals surface area contributed by atoms with Gasteiger partial charge in [-0.25, -0.2) is 0 Å². The molecule has 1 aliphatic carbocycles. The lowest BCUT2D eigenvalue weighted by atomic mass is 9.86. The predicted molar refractivity (Wildman–Crippen MR) is 78.5 cm³/mol. The highest BCUT2D eigenvalue weighted by atomic mass is 16.4. The lowest BCUT2D eigenvalue weighted by Gasteiger charge is -2.28. The normalized spacial score (nSPS) is 22.3. The number of carbonyl (C=O) groups excluding carboxylic acids is 1. The van der Waals surface area contributed by atoms with Crippen molar-refractivity contribution in [3.8, 4) is 0 Å². The topological polar surface area (TPSA) is 69.6 Å². The third-order valence-electron chi connectivity index (χ3n) is 3.81. The van der Waals surface area contributed by atoms with E-state index < -0.39 is 5.97 Å². The fourth-order valence-electron chi connectivity index (χ4n) is 2.59. The Bertz CT molecular complexity index is 360. The minimum atomic E-state index is -0.696. The van der Waals surface area contributed by atoms with Crippen molar-refractivity contribution in [2.45, 2.75) is 45.6 Å². The third-order valence-corrected chi connectivity index (χ3v) is 3.81. The maximum Gasteiger partial charge on any atom is 0.306 e. The maximum atomic E-state index is 12.1. The Labute approximate surface area is 121 Å². The quantitative estimate of drug-likeness (QED) is 0.697. The van der Waals surface area contributed by atoms with Crippen molar-refractivity contribution in [2.24, 2.45) is 5.92 Å². The number of carbonyl (C=O) groups is 2. The van der Waals surface area contributed by atoms with Gasteiger partial charge in [-0.2, -0.15) is 0 Å². The molecule has 2 N–H and O–H groups in total. The lowest BCUT2D eigenvalue weighted by Crippen LogP contribution is -2.43. The second-order valence-electron chi connectivity index (χ2n) is 5.63. The molecule has 0 aromatic carbocycles. The molecule has 0 radical (unpaired) electrons. The first-order chi connectivity index (χ1) is 9.43. The molecule has 0 saturated heterocycles. The Hall–Kier alpha value is -1.36. The van der Waals surface area contributed by atoms with Crippen molar-refractivity contribution in [1.29, 1.82) is 0 Å². The molecule has 0 aliphatic heterocycles. The van der Waals surface area contributed by atoms with Crippen molar-refractivity contribution in [3.05, 3.63) is 12.2 Å². The van der Waals surface area contributed by atoms with Crippen molar-refractivity contribution in [1.82, 2.24) is 10.2 Å². The highest BCUT2D eigenvalue weighted by molar-refractivity contribution is 5.78. The van der Waals surface area contributed by atoms with Crippen LogP contribution in [-0.4, -0.2) is 47.6 Å². The van der Waals surface area contributed by atoms with Crippen LogP contribution in [0.3, 0.4) is 0 Å². The van der Waals surface area contributed by atoms with Crippen LogP contribution in [0.5, 0.6) is 0 Å². The number of rotatable bonds is 7. The summed E-state index contributed by atoms with van der Waals surface area (Å²) in [7, 11) is 0. The maximum absolute atomic E-state index is 12.1. The number of carboxylic acid groups (broad SMARTS) is 1. The number of likely N-dealkylation sites (N-methyl/N-ethyl adjacent to an activating group) is 1. The first-order valence-corrected chi connectivity index (χ1v) is 7.32. The van der Waals surface area contributed by atoms with E-state index in [1.165, 1.54) is 0 Å². The number of nitrogens with one attached hydrogen (secondary N) is 1. The van der Waals surface area contributed by atoms with Crippen LogP contribution < -0.4 is 5.32 Å². The van der Waals surface area contributed by atoms with Crippen LogP contribution in [0, 0.1) is 5.92 Å². The zero-order valence-corrected chi connectivity index (χ0v) is 12.5. The van der Waals surface area contributed by atoms with Crippen molar-refractivity contribution < 1.29 is 14.7 Å². The molecule has 1 fully saturated rings. The molecular weight excluding hydrogens is 256 g/mol. The summed E-state index contributed by atoms with van der Waals surface area (Å²) in [6, 6.07) is 0.262. The van der Waals surface area contributed by atoms with Crippen LogP contribution in [0.1, 0.15) is 39.5 Å². The van der Waals surface area contributed by atoms with Crippen LogP contribution in [0.25, 0.3) is 0 Å². The minimum absolute atomic E-state index is 0.0795. The van der Waals surface area contributed by atoms with Gasteiger partial charge in [0.25, 0.3) is 0 Å². The van der Waals surface area contributed by atoms with E-state index in [1.807, 2.05) is 13.8 Å². The summed E-state index contributed by atoms with van der Waals surface area (Å²) in [5, 5.41) is 12.2. The van der Waals surface area contributed by atoms with Gasteiger partial charge in [0.05, 0.1) is 12.5 Å². The van der Waals surface area contributed by atoms with Crippen molar-refractivity contribution in [3.63, 3.8) is 0 Å². The van der Waals surface area contributed by atoms with Gasteiger partial charge in [-0.05, 0) is 39.5 Å². The van der Waals surface area contributed by atoms with Gasteiger partial charge in [0.2, 0.25) is 5.91 Å². The van der Waals surface area contributed by atoms with Gasteiger partial charge in [0.15, 0.2) is 0 Å². The summed E-state index contributed by atoms with van der Waals surface area (Å²) >= 11 is 0. The molecule has 1 aliphatic rings. The average Bonchev–Trinajstić information content (AvgIpc) is 2.42. The van der Waals surface area contributed by atoms with Crippen molar-refractivity contribution in [2.75, 3.05) is 19.6 Å². The molecule has 0 unspecified atom stereocenters. The fraction of sp³-hybridized carbons (Fsp3) is 0.733. The summed E-state index contributed by atoms with van der Waals surface area (Å²) in [5.41, 5.74) is 0.974. The molecule has 0 heterocycles. The highest BCUT2D eigenvalue weighted by Gasteiger charge is 2.26. The van der Waals surface area contributed by atoms with Crippen LogP contribution in [0.2, 0.25) is 0 Å². The molecule has 0 aromatic rings. The van der Waals surface area contributed by atoms with Gasteiger partial charge in [-0.1, -0.05) is 12.2 Å². The van der Waals surface area contributed by atoms with Crippen LogP contribution in [0.4, 0.5) is 0 Å². The number of aliphatic carboxylic acids is 1. The Morgan fingerprint density at radius 2 is 1.90 bits per heavy atom. The molecule has 20 heavy (non-hydrogen) atoms. The van der Waals surface area contributed by atoms with E-state index in [4.69, 9.17) is 5.11 Å². The Morgan fingerprint density at radius 1 is 1.30 bits per heavy atom. The minimum Gasteiger partial charge on any atom is -0.481 e. The SMILES string of the molecule is C=C(C)CN(CC)C(=O)CNC1CCC(C(=O)O)CC1. The first kappa shape index (κ1) is 16.7. The second kappa shape index (κ2) is 8.04. The Kier molecular flexibility index (Phi) is 6.71. The third kappa shape index (κ3) is 5.33. The predicted octanol–water partition coefficient (Wildman–Crippen LogP) is 1.64. The molecule has 5 nitrogen and oxygen atoms in total. The molecule has 0 atom stereocenters. The molecule has 1 rings (SSSR count). The smallest absolute Gasteiger partial charge is 0.306 e. The van der Waals surface area contributed by atoms with Crippen molar-refractivity contribution >= 4 is 11.9 Å². The van der Waals surface area contributed by atoms with Crippen LogP contribution in [0.15, 0.2) is 12.2 Å². The van der Waals surface area contributed by atoms with Gasteiger partial charge in [-0.3, -0.25) is 9.59 Å². The molecule has 5 heteroatoms. The van der Waals surface area contributed by atoms with Gasteiger partial charge in [0.1, 0.15) is 0 Å². The first-order valence-electron chi connectivity index (χ1n) is 7.32. The number of carboxylic acids is 1. The molecule has 114 valence electrons. The van der Waals surface area contributed by atoms with E-state index in [9.17, 15) is 9.59 Å². The van der Waals surface area contributed by atoms with E-state index in [2.05, 4.69) is 11.9 Å². The van der Waals surface area contributed by atoms with Crippen LogP contribution in [-0.2, 0) is 9.59 Å². The largest absolute Gasteiger partial charge is 0.481 e. The van der Waals surface area contributed by atoms with Gasteiger partial charge in [-0.15, -0.1) is 0 Å². The second-order valence-corrected chi connectivity index (χ2v) is 5.63. The fourth-order valence-corrected chi connectivity index (χ4v) is 2.59. The summed E-state index contributed by atoms with van der Waals surface area (Å²) < 4.78 is 0. The standard InChI is InChI=1S/C15H26N2O3/c1-4-17(10-11(2)3)14(18)9-16-13-7-5-12(6-8-13)15(19)20/h12-13,16H,2,4-10H2,1,3H3,(H,19,20). The summed E-state index contributed by atoms with van der Waals surface area (Å²) in [4.78, 5) is 24.7. The monoisotopic (exact) mass is 282 g/mol. The average molecular weight is 282 g/mol. The van der Waals surface area contributed by atoms with Gasteiger partial charge < -0.3 is 15.3 Å². The van der Waals surface area contributed by atoms with E-state index in [0.29, 0.717) is 32.5 Å². The van der Waals surface area contributed by atoms with E-state index in [1.54, 1.807) is 4.90 Å². The number of nitrogens with zero attached hydrogens (tertiary/aromatic N) is 1. The number of hydrogen-bond donors (Lipinski definition) is 2. The highest BCUT2D eigenvalue weighted by Crippen LogP contribution is 2.24. The summed E-state index contributed by atoms with van der Waals surface area (Å²) in [6.07, 6.45) is 3.06. The number of amides is 1. The molecule has 1 saturated carbocycles. The lowest BCUT2D eigenvalue weighted by molar-refractivity contribution is -0.143. The molecule has 0 bridgehead atoms. The Balaban J connectivity index is 2.31. The zero-order chi connectivity index (χ0) is 15.1. The molecule has 1 amide bonds.